The maximum absolute atomic E-state index is 12.8. The highest BCUT2D eigenvalue weighted by Gasteiger charge is 2.61. The van der Waals surface area contributed by atoms with E-state index < -0.39 is 6.10 Å². The van der Waals surface area contributed by atoms with Gasteiger partial charge in [-0.2, -0.15) is 0 Å². The molecule has 0 saturated carbocycles. The standard InChI is InChI=1S/C24H29NO5/c1-14-7-6-12-24(3)21(30-24)20-18(15(2)22(26)29-20)13-19(14)28-23(27)16-8-10-17(11-9-16)25(4)5/h7-11,18-21H,2,6,12-13H2,1,3-5H3/t18-,19?,20-,21+,24+/m0/s1. The monoisotopic (exact) mass is 411 g/mol. The summed E-state index contributed by atoms with van der Waals surface area (Å²) in [5.41, 5.74) is 2.64. The molecule has 2 heterocycles. The van der Waals surface area contributed by atoms with Gasteiger partial charge in [0, 0.05) is 31.3 Å². The number of hydrogen-bond acceptors (Lipinski definition) is 6. The van der Waals surface area contributed by atoms with Crippen molar-refractivity contribution in [3.05, 3.63) is 53.6 Å². The van der Waals surface area contributed by atoms with Crippen LogP contribution in [0.2, 0.25) is 0 Å². The van der Waals surface area contributed by atoms with Gasteiger partial charge in [-0.25, -0.2) is 9.59 Å². The van der Waals surface area contributed by atoms with Crippen molar-refractivity contribution < 1.29 is 23.8 Å². The molecule has 160 valence electrons. The predicted molar refractivity (Wildman–Crippen MR) is 113 cm³/mol. The zero-order valence-corrected chi connectivity index (χ0v) is 18.0. The molecule has 4 rings (SSSR count). The van der Waals surface area contributed by atoms with E-state index in [-0.39, 0.29) is 35.7 Å². The Balaban J connectivity index is 1.56. The summed E-state index contributed by atoms with van der Waals surface area (Å²) in [5, 5.41) is 0. The van der Waals surface area contributed by atoms with E-state index in [4.69, 9.17) is 14.2 Å². The van der Waals surface area contributed by atoms with Crippen LogP contribution in [0.15, 0.2) is 48.1 Å². The molecule has 5 atom stereocenters. The minimum Gasteiger partial charge on any atom is -0.455 e. The fraction of sp³-hybridized carbons (Fsp3) is 0.500. The molecule has 2 aliphatic heterocycles. The lowest BCUT2D eigenvalue weighted by Crippen LogP contribution is -2.33. The number of fused-ring (bicyclic) bond motifs is 3. The van der Waals surface area contributed by atoms with Crippen LogP contribution in [0.5, 0.6) is 0 Å². The number of benzene rings is 1. The van der Waals surface area contributed by atoms with Gasteiger partial charge >= 0.3 is 11.9 Å². The zero-order valence-electron chi connectivity index (χ0n) is 18.0. The first-order valence-electron chi connectivity index (χ1n) is 10.4. The van der Waals surface area contributed by atoms with Crippen molar-refractivity contribution in [2.24, 2.45) is 5.92 Å². The minimum absolute atomic E-state index is 0.132. The molecule has 1 unspecified atom stereocenters. The highest BCUT2D eigenvalue weighted by molar-refractivity contribution is 5.91. The highest BCUT2D eigenvalue weighted by atomic mass is 16.6. The van der Waals surface area contributed by atoms with Crippen LogP contribution in [0.3, 0.4) is 0 Å². The third kappa shape index (κ3) is 3.76. The van der Waals surface area contributed by atoms with Gasteiger partial charge in [-0.05, 0) is 62.9 Å². The molecule has 0 spiro atoms. The Morgan fingerprint density at radius 1 is 1.27 bits per heavy atom. The second-order valence-corrected chi connectivity index (χ2v) is 8.91. The minimum atomic E-state index is -0.451. The van der Waals surface area contributed by atoms with E-state index in [2.05, 4.69) is 19.6 Å². The maximum Gasteiger partial charge on any atom is 0.338 e. The van der Waals surface area contributed by atoms with Gasteiger partial charge in [0.25, 0.3) is 0 Å². The lowest BCUT2D eigenvalue weighted by Gasteiger charge is -2.26. The SMILES string of the molecule is C=C1C(=O)O[C@@H]2[C@H]3O[C@]3(C)CCC=C(C)C(OC(=O)c3ccc(N(C)C)cc3)C[C@@H]12. The Bertz CT molecular complexity index is 903. The average molecular weight is 411 g/mol. The molecule has 2 fully saturated rings. The van der Waals surface area contributed by atoms with Crippen LogP contribution in [0.25, 0.3) is 0 Å². The van der Waals surface area contributed by atoms with Crippen molar-refractivity contribution in [1.82, 2.24) is 0 Å². The van der Waals surface area contributed by atoms with Crippen LogP contribution in [0.1, 0.15) is 43.5 Å². The molecule has 1 aromatic rings. The number of rotatable bonds is 3. The van der Waals surface area contributed by atoms with Crippen molar-refractivity contribution in [3.63, 3.8) is 0 Å². The lowest BCUT2D eigenvalue weighted by molar-refractivity contribution is -0.140. The molecular weight excluding hydrogens is 382 g/mol. The maximum atomic E-state index is 12.8. The van der Waals surface area contributed by atoms with E-state index in [1.54, 1.807) is 12.1 Å². The van der Waals surface area contributed by atoms with Gasteiger partial charge in [0.2, 0.25) is 0 Å². The summed E-state index contributed by atoms with van der Waals surface area (Å²) in [6.07, 6.45) is 3.25. The van der Waals surface area contributed by atoms with Crippen molar-refractivity contribution in [2.45, 2.75) is 57.0 Å². The van der Waals surface area contributed by atoms with E-state index >= 15 is 0 Å². The molecule has 1 aliphatic carbocycles. The quantitative estimate of drug-likeness (QED) is 0.327. The molecule has 3 aliphatic rings. The summed E-state index contributed by atoms with van der Waals surface area (Å²) in [7, 11) is 3.90. The normalized spacial score (nSPS) is 33.0. The van der Waals surface area contributed by atoms with Gasteiger partial charge in [0.1, 0.15) is 18.3 Å². The molecule has 1 aromatic carbocycles. The van der Waals surface area contributed by atoms with Crippen molar-refractivity contribution >= 4 is 17.6 Å². The molecule has 30 heavy (non-hydrogen) atoms. The average Bonchev–Trinajstić information content (AvgIpc) is 3.30. The van der Waals surface area contributed by atoms with Gasteiger partial charge in [-0.15, -0.1) is 0 Å². The van der Waals surface area contributed by atoms with Gasteiger partial charge < -0.3 is 19.1 Å². The molecule has 6 nitrogen and oxygen atoms in total. The van der Waals surface area contributed by atoms with Crippen LogP contribution < -0.4 is 4.90 Å². The first kappa shape index (κ1) is 20.7. The first-order valence-corrected chi connectivity index (χ1v) is 10.4. The number of epoxide rings is 1. The molecule has 0 N–H and O–H groups in total. The van der Waals surface area contributed by atoms with E-state index in [1.807, 2.05) is 38.1 Å². The number of hydrogen-bond donors (Lipinski definition) is 0. The molecular formula is C24H29NO5. The molecule has 0 aromatic heterocycles. The van der Waals surface area contributed by atoms with Crippen molar-refractivity contribution in [3.8, 4) is 0 Å². The smallest absolute Gasteiger partial charge is 0.338 e. The fourth-order valence-electron chi connectivity index (χ4n) is 4.42. The number of esters is 2. The van der Waals surface area contributed by atoms with E-state index in [0.717, 1.165) is 24.1 Å². The number of anilines is 1. The summed E-state index contributed by atoms with van der Waals surface area (Å²) < 4.78 is 17.5. The van der Waals surface area contributed by atoms with Gasteiger partial charge in [-0.1, -0.05) is 12.7 Å². The van der Waals surface area contributed by atoms with Gasteiger partial charge in [-0.3, -0.25) is 0 Å². The van der Waals surface area contributed by atoms with Crippen molar-refractivity contribution in [1.29, 1.82) is 0 Å². The predicted octanol–water partition coefficient (Wildman–Crippen LogP) is 3.66. The Labute approximate surface area is 177 Å². The summed E-state index contributed by atoms with van der Waals surface area (Å²) in [6, 6.07) is 7.31. The number of allylic oxidation sites excluding steroid dienone is 1. The molecule has 0 radical (unpaired) electrons. The van der Waals surface area contributed by atoms with Crippen LogP contribution in [0.4, 0.5) is 5.69 Å². The van der Waals surface area contributed by atoms with Crippen LogP contribution in [0, 0.1) is 5.92 Å². The van der Waals surface area contributed by atoms with E-state index in [0.29, 0.717) is 17.6 Å². The number of nitrogens with zero attached hydrogens (tertiary/aromatic N) is 1. The number of carbonyl (C=O) groups excluding carboxylic acids is 2. The number of carbonyl (C=O) groups is 2. The Morgan fingerprint density at radius 2 is 1.97 bits per heavy atom. The summed E-state index contributed by atoms with van der Waals surface area (Å²) in [4.78, 5) is 27.0. The fourth-order valence-corrected chi connectivity index (χ4v) is 4.42. The third-order valence-electron chi connectivity index (χ3n) is 6.54. The first-order chi connectivity index (χ1) is 14.2. The highest BCUT2D eigenvalue weighted by Crippen LogP contribution is 2.50. The zero-order chi connectivity index (χ0) is 21.6. The lowest BCUT2D eigenvalue weighted by atomic mass is 9.83. The molecule has 2 saturated heterocycles. The molecule has 6 heteroatoms. The molecule has 0 amide bonds. The third-order valence-corrected chi connectivity index (χ3v) is 6.54. The second kappa shape index (κ2) is 7.58. The topological polar surface area (TPSA) is 68.4 Å². The molecule has 0 bridgehead atoms. The Morgan fingerprint density at radius 3 is 2.63 bits per heavy atom. The summed E-state index contributed by atoms with van der Waals surface area (Å²) in [6.45, 7) is 7.98. The van der Waals surface area contributed by atoms with Gasteiger partial charge in [0.15, 0.2) is 0 Å². The number of ether oxygens (including phenoxy) is 3. The van der Waals surface area contributed by atoms with Crippen LogP contribution in [-0.4, -0.2) is 49.9 Å². The summed E-state index contributed by atoms with van der Waals surface area (Å²) >= 11 is 0. The van der Waals surface area contributed by atoms with Crippen LogP contribution in [-0.2, 0) is 19.0 Å². The van der Waals surface area contributed by atoms with Gasteiger partial charge in [0.05, 0.1) is 11.2 Å². The van der Waals surface area contributed by atoms with Crippen LogP contribution >= 0.6 is 0 Å². The Hall–Kier alpha value is -2.60. The second-order valence-electron chi connectivity index (χ2n) is 8.91. The van der Waals surface area contributed by atoms with E-state index in [1.165, 1.54) is 0 Å². The Kier molecular flexibility index (Phi) is 5.22. The van der Waals surface area contributed by atoms with Crippen molar-refractivity contribution in [2.75, 3.05) is 19.0 Å². The van der Waals surface area contributed by atoms with E-state index in [9.17, 15) is 9.59 Å². The largest absolute Gasteiger partial charge is 0.455 e. The summed E-state index contributed by atoms with van der Waals surface area (Å²) in [5.74, 6) is -0.997.